The molecule has 0 aliphatic carbocycles. The molecule has 1 unspecified atom stereocenters. The van der Waals surface area contributed by atoms with Crippen molar-refractivity contribution in [3.8, 4) is 0 Å². The van der Waals surface area contributed by atoms with E-state index < -0.39 is 0 Å². The molecule has 2 nitrogen and oxygen atoms in total. The Labute approximate surface area is 93.0 Å². The molecule has 15 heavy (non-hydrogen) atoms. The van der Waals surface area contributed by atoms with Crippen LogP contribution in [0.5, 0.6) is 0 Å². The lowest BCUT2D eigenvalue weighted by atomic mass is 9.73. The first-order valence-corrected chi connectivity index (χ1v) is 5.83. The molecule has 1 aromatic rings. The number of rotatable bonds is 4. The number of aromatic nitrogens is 1. The average molecular weight is 209 g/mol. The van der Waals surface area contributed by atoms with Gasteiger partial charge in [-0.1, -0.05) is 39.3 Å². The zero-order chi connectivity index (χ0) is 11.6. The van der Waals surface area contributed by atoms with Gasteiger partial charge in [-0.3, -0.25) is 0 Å². The third kappa shape index (κ3) is 2.42. The summed E-state index contributed by atoms with van der Waals surface area (Å²) in [5.41, 5.74) is 2.66. The first-order chi connectivity index (χ1) is 6.90. The fraction of sp³-hybridized carbons (Fsp3) is 0.769. The first-order valence-electron chi connectivity index (χ1n) is 5.83. The molecule has 0 aliphatic rings. The van der Waals surface area contributed by atoms with E-state index in [0.717, 1.165) is 11.5 Å². The second-order valence-electron chi connectivity index (χ2n) is 5.20. The van der Waals surface area contributed by atoms with Crippen molar-refractivity contribution in [1.82, 2.24) is 5.16 Å². The fourth-order valence-electron chi connectivity index (χ4n) is 2.36. The highest BCUT2D eigenvalue weighted by Gasteiger charge is 2.30. The standard InChI is InChI=1S/C13H23NO/c1-7-8-13(5,6)9(2)12-10(3)14-15-11(12)4/h9H,7-8H2,1-6H3. The smallest absolute Gasteiger partial charge is 0.137 e. The van der Waals surface area contributed by atoms with E-state index in [1.165, 1.54) is 18.4 Å². The lowest BCUT2D eigenvalue weighted by molar-refractivity contribution is 0.270. The van der Waals surface area contributed by atoms with E-state index in [1.807, 2.05) is 13.8 Å². The highest BCUT2D eigenvalue weighted by molar-refractivity contribution is 5.26. The van der Waals surface area contributed by atoms with Gasteiger partial charge in [0.15, 0.2) is 0 Å². The number of hydrogen-bond donors (Lipinski definition) is 0. The van der Waals surface area contributed by atoms with E-state index in [-0.39, 0.29) is 0 Å². The Kier molecular flexibility index (Phi) is 3.58. The second-order valence-corrected chi connectivity index (χ2v) is 5.20. The molecule has 0 N–H and O–H groups in total. The molecule has 1 atom stereocenters. The van der Waals surface area contributed by atoms with Crippen LogP contribution in [0.4, 0.5) is 0 Å². The van der Waals surface area contributed by atoms with Crippen molar-refractivity contribution in [3.63, 3.8) is 0 Å². The van der Waals surface area contributed by atoms with Crippen LogP contribution in [0.15, 0.2) is 4.52 Å². The summed E-state index contributed by atoms with van der Waals surface area (Å²) >= 11 is 0. The van der Waals surface area contributed by atoms with Crippen molar-refractivity contribution >= 4 is 0 Å². The topological polar surface area (TPSA) is 26.0 Å². The van der Waals surface area contributed by atoms with Crippen molar-refractivity contribution in [3.05, 3.63) is 17.0 Å². The number of hydrogen-bond acceptors (Lipinski definition) is 2. The highest BCUT2D eigenvalue weighted by atomic mass is 16.5. The molecule has 0 radical (unpaired) electrons. The normalized spacial score (nSPS) is 14.3. The van der Waals surface area contributed by atoms with Crippen molar-refractivity contribution in [2.75, 3.05) is 0 Å². The molecule has 2 heteroatoms. The van der Waals surface area contributed by atoms with Crippen molar-refractivity contribution < 1.29 is 4.52 Å². The Morgan fingerprint density at radius 2 is 1.93 bits per heavy atom. The minimum absolute atomic E-state index is 0.315. The molecule has 86 valence electrons. The van der Waals surface area contributed by atoms with Gasteiger partial charge < -0.3 is 4.52 Å². The van der Waals surface area contributed by atoms with E-state index in [2.05, 4.69) is 32.9 Å². The molecule has 0 amide bonds. The summed E-state index contributed by atoms with van der Waals surface area (Å²) in [6, 6.07) is 0. The van der Waals surface area contributed by atoms with Crippen LogP contribution in [-0.2, 0) is 0 Å². The van der Waals surface area contributed by atoms with Crippen LogP contribution in [0.3, 0.4) is 0 Å². The van der Waals surface area contributed by atoms with Gasteiger partial charge >= 0.3 is 0 Å². The summed E-state index contributed by atoms with van der Waals surface area (Å²) in [5.74, 6) is 1.48. The molecule has 0 aromatic carbocycles. The molecule has 1 rings (SSSR count). The quantitative estimate of drug-likeness (QED) is 0.742. The fourth-order valence-corrected chi connectivity index (χ4v) is 2.36. The molecule has 0 bridgehead atoms. The third-order valence-electron chi connectivity index (χ3n) is 3.59. The average Bonchev–Trinajstić information content (AvgIpc) is 2.45. The SMILES string of the molecule is CCCC(C)(C)C(C)c1c(C)noc1C. The lowest BCUT2D eigenvalue weighted by Crippen LogP contribution is -2.20. The van der Waals surface area contributed by atoms with Crippen molar-refractivity contribution in [2.45, 2.75) is 60.3 Å². The molecule has 1 aromatic heterocycles. The van der Waals surface area contributed by atoms with E-state index in [9.17, 15) is 0 Å². The van der Waals surface area contributed by atoms with Crippen LogP contribution >= 0.6 is 0 Å². The highest BCUT2D eigenvalue weighted by Crippen LogP contribution is 2.41. The van der Waals surface area contributed by atoms with Crippen molar-refractivity contribution in [1.29, 1.82) is 0 Å². The predicted molar refractivity (Wildman–Crippen MR) is 63.1 cm³/mol. The van der Waals surface area contributed by atoms with Gasteiger partial charge in [0.25, 0.3) is 0 Å². The van der Waals surface area contributed by atoms with Gasteiger partial charge in [-0.15, -0.1) is 0 Å². The largest absolute Gasteiger partial charge is 0.361 e. The zero-order valence-electron chi connectivity index (χ0n) is 10.8. The Hall–Kier alpha value is -0.790. The molecule has 0 saturated heterocycles. The van der Waals surface area contributed by atoms with Gasteiger partial charge in [-0.2, -0.15) is 0 Å². The maximum atomic E-state index is 5.24. The van der Waals surface area contributed by atoms with E-state index in [4.69, 9.17) is 4.52 Å². The van der Waals surface area contributed by atoms with Crippen molar-refractivity contribution in [2.24, 2.45) is 5.41 Å². The summed E-state index contributed by atoms with van der Waals surface area (Å²) < 4.78 is 5.24. The van der Waals surface area contributed by atoms with Crippen LogP contribution in [0.1, 0.15) is 63.5 Å². The van der Waals surface area contributed by atoms with Crippen LogP contribution in [-0.4, -0.2) is 5.16 Å². The monoisotopic (exact) mass is 209 g/mol. The van der Waals surface area contributed by atoms with Crippen LogP contribution in [0, 0.1) is 19.3 Å². The zero-order valence-corrected chi connectivity index (χ0v) is 10.8. The molecule has 0 fully saturated rings. The number of aryl methyl sites for hydroxylation is 2. The van der Waals surface area contributed by atoms with E-state index in [1.54, 1.807) is 0 Å². The maximum absolute atomic E-state index is 5.24. The van der Waals surface area contributed by atoms with Crippen LogP contribution in [0.25, 0.3) is 0 Å². The van der Waals surface area contributed by atoms with Gasteiger partial charge in [-0.05, 0) is 31.6 Å². The maximum Gasteiger partial charge on any atom is 0.137 e. The number of nitrogens with zero attached hydrogens (tertiary/aromatic N) is 1. The summed E-state index contributed by atoms with van der Waals surface area (Å²) in [7, 11) is 0. The Bertz CT molecular complexity index is 306. The molecular weight excluding hydrogens is 186 g/mol. The Morgan fingerprint density at radius 1 is 1.33 bits per heavy atom. The molecule has 0 spiro atoms. The molecule has 0 aliphatic heterocycles. The molecule has 1 heterocycles. The lowest BCUT2D eigenvalue weighted by Gasteiger charge is -2.31. The van der Waals surface area contributed by atoms with E-state index >= 15 is 0 Å². The molecule has 0 saturated carbocycles. The minimum Gasteiger partial charge on any atom is -0.361 e. The first kappa shape index (κ1) is 12.3. The molecular formula is C13H23NO. The predicted octanol–water partition coefficient (Wildman–Crippen LogP) is 4.22. The summed E-state index contributed by atoms with van der Waals surface area (Å²) in [5, 5.41) is 4.04. The minimum atomic E-state index is 0.315. The van der Waals surface area contributed by atoms with Crippen LogP contribution in [0.2, 0.25) is 0 Å². The van der Waals surface area contributed by atoms with Gasteiger partial charge in [-0.25, -0.2) is 0 Å². The van der Waals surface area contributed by atoms with Gasteiger partial charge in [0.1, 0.15) is 5.76 Å². The van der Waals surface area contributed by atoms with Gasteiger partial charge in [0.05, 0.1) is 5.69 Å². The third-order valence-corrected chi connectivity index (χ3v) is 3.59. The second kappa shape index (κ2) is 4.38. The summed E-state index contributed by atoms with van der Waals surface area (Å²) in [4.78, 5) is 0. The summed E-state index contributed by atoms with van der Waals surface area (Å²) in [6.45, 7) is 13.2. The van der Waals surface area contributed by atoms with Gasteiger partial charge in [0, 0.05) is 5.56 Å². The Morgan fingerprint density at radius 3 is 2.33 bits per heavy atom. The van der Waals surface area contributed by atoms with E-state index in [0.29, 0.717) is 11.3 Å². The van der Waals surface area contributed by atoms with Gasteiger partial charge in [0.2, 0.25) is 0 Å². The summed E-state index contributed by atoms with van der Waals surface area (Å²) in [6.07, 6.45) is 2.46. The van der Waals surface area contributed by atoms with Crippen LogP contribution < -0.4 is 0 Å². The Balaban J connectivity index is 2.98.